The van der Waals surface area contributed by atoms with Gasteiger partial charge in [0, 0.05) is 31.4 Å². The Kier molecular flexibility index (Phi) is 3.71. The van der Waals surface area contributed by atoms with Gasteiger partial charge in [-0.1, -0.05) is 6.92 Å². The van der Waals surface area contributed by atoms with Crippen LogP contribution in [0.25, 0.3) is 0 Å². The fourth-order valence-corrected chi connectivity index (χ4v) is 2.17. The van der Waals surface area contributed by atoms with E-state index in [2.05, 4.69) is 27.1 Å². The molecule has 5 nitrogen and oxygen atoms in total. The van der Waals surface area contributed by atoms with Gasteiger partial charge >= 0.3 is 0 Å². The summed E-state index contributed by atoms with van der Waals surface area (Å²) >= 11 is 0. The molecule has 0 radical (unpaired) electrons. The van der Waals surface area contributed by atoms with Crippen LogP contribution in [0.2, 0.25) is 0 Å². The summed E-state index contributed by atoms with van der Waals surface area (Å²) in [5.74, 6) is 1.58. The molecule has 2 rings (SSSR count). The summed E-state index contributed by atoms with van der Waals surface area (Å²) in [6.45, 7) is 8.31. The van der Waals surface area contributed by atoms with Crippen molar-refractivity contribution in [3.63, 3.8) is 0 Å². The minimum Gasteiger partial charge on any atom is -0.388 e. The molecule has 18 heavy (non-hydrogen) atoms. The standard InChI is InChI=1S/C13H22N4O/c1-4-6-14-12-15-10(2)8-11(16-12)17-7-5-13(3,18)9-17/h8,18H,4-7,9H2,1-3H3,(H,14,15,16). The topological polar surface area (TPSA) is 61.3 Å². The number of hydrogen-bond donors (Lipinski definition) is 2. The van der Waals surface area contributed by atoms with Crippen LogP contribution in [0.3, 0.4) is 0 Å². The van der Waals surface area contributed by atoms with E-state index in [-0.39, 0.29) is 0 Å². The molecular weight excluding hydrogens is 228 g/mol. The Labute approximate surface area is 108 Å². The molecule has 0 amide bonds. The van der Waals surface area contributed by atoms with Crippen LogP contribution in [0, 0.1) is 6.92 Å². The molecular formula is C13H22N4O. The van der Waals surface area contributed by atoms with E-state index < -0.39 is 5.60 Å². The number of rotatable bonds is 4. The average Bonchev–Trinajstić information content (AvgIpc) is 2.66. The lowest BCUT2D eigenvalue weighted by Crippen LogP contribution is -2.30. The van der Waals surface area contributed by atoms with E-state index in [4.69, 9.17) is 0 Å². The summed E-state index contributed by atoms with van der Waals surface area (Å²) < 4.78 is 0. The number of anilines is 2. The van der Waals surface area contributed by atoms with Crippen LogP contribution in [0.4, 0.5) is 11.8 Å². The molecule has 2 N–H and O–H groups in total. The maximum absolute atomic E-state index is 10.0. The number of hydrogen-bond acceptors (Lipinski definition) is 5. The van der Waals surface area contributed by atoms with Gasteiger partial charge in [0.1, 0.15) is 5.82 Å². The molecule has 100 valence electrons. The van der Waals surface area contributed by atoms with Gasteiger partial charge < -0.3 is 15.3 Å². The van der Waals surface area contributed by atoms with E-state index >= 15 is 0 Å². The van der Waals surface area contributed by atoms with Crippen LogP contribution in [0.1, 0.15) is 32.4 Å². The quantitative estimate of drug-likeness (QED) is 0.849. The van der Waals surface area contributed by atoms with Crippen molar-refractivity contribution in [1.29, 1.82) is 0 Å². The number of nitrogens with one attached hydrogen (secondary N) is 1. The highest BCUT2D eigenvalue weighted by Gasteiger charge is 2.32. The molecule has 5 heteroatoms. The van der Waals surface area contributed by atoms with E-state index in [9.17, 15) is 5.11 Å². The first-order valence-corrected chi connectivity index (χ1v) is 6.57. The second-order valence-corrected chi connectivity index (χ2v) is 5.29. The summed E-state index contributed by atoms with van der Waals surface area (Å²) in [5.41, 5.74) is 0.348. The fraction of sp³-hybridized carbons (Fsp3) is 0.692. The lowest BCUT2D eigenvalue weighted by atomic mass is 10.1. The zero-order chi connectivity index (χ0) is 13.2. The average molecular weight is 250 g/mol. The summed E-state index contributed by atoms with van der Waals surface area (Å²) in [6, 6.07) is 1.97. The highest BCUT2D eigenvalue weighted by atomic mass is 16.3. The number of aromatic nitrogens is 2. The first-order chi connectivity index (χ1) is 8.50. The Morgan fingerprint density at radius 1 is 1.50 bits per heavy atom. The van der Waals surface area contributed by atoms with E-state index in [1.807, 2.05) is 19.9 Å². The van der Waals surface area contributed by atoms with Crippen LogP contribution in [-0.2, 0) is 0 Å². The minimum atomic E-state index is -0.601. The first-order valence-electron chi connectivity index (χ1n) is 6.57. The highest BCUT2D eigenvalue weighted by molar-refractivity contribution is 5.46. The molecule has 1 aliphatic heterocycles. The second kappa shape index (κ2) is 5.10. The van der Waals surface area contributed by atoms with Crippen LogP contribution in [-0.4, -0.2) is 40.3 Å². The van der Waals surface area contributed by atoms with Gasteiger partial charge in [-0.15, -0.1) is 0 Å². The summed E-state index contributed by atoms with van der Waals surface area (Å²) in [7, 11) is 0. The van der Waals surface area contributed by atoms with Crippen molar-refractivity contribution in [3.05, 3.63) is 11.8 Å². The van der Waals surface area contributed by atoms with Crippen molar-refractivity contribution in [2.24, 2.45) is 0 Å². The lowest BCUT2D eigenvalue weighted by molar-refractivity contribution is 0.0839. The molecule has 0 spiro atoms. The lowest BCUT2D eigenvalue weighted by Gasteiger charge is -2.20. The largest absolute Gasteiger partial charge is 0.388 e. The van der Waals surface area contributed by atoms with Crippen molar-refractivity contribution >= 4 is 11.8 Å². The van der Waals surface area contributed by atoms with Gasteiger partial charge in [0.25, 0.3) is 0 Å². The number of aliphatic hydroxyl groups is 1. The van der Waals surface area contributed by atoms with Crippen molar-refractivity contribution < 1.29 is 5.11 Å². The highest BCUT2D eigenvalue weighted by Crippen LogP contribution is 2.25. The van der Waals surface area contributed by atoms with Gasteiger partial charge in [-0.05, 0) is 26.7 Å². The Hall–Kier alpha value is -1.36. The number of aryl methyl sites for hydroxylation is 1. The molecule has 0 bridgehead atoms. The van der Waals surface area contributed by atoms with Crippen LogP contribution in [0.15, 0.2) is 6.07 Å². The van der Waals surface area contributed by atoms with Crippen molar-refractivity contribution in [2.75, 3.05) is 29.9 Å². The van der Waals surface area contributed by atoms with Crippen LogP contribution >= 0.6 is 0 Å². The van der Waals surface area contributed by atoms with Crippen LogP contribution < -0.4 is 10.2 Å². The monoisotopic (exact) mass is 250 g/mol. The van der Waals surface area contributed by atoms with Crippen LogP contribution in [0.5, 0.6) is 0 Å². The fourth-order valence-electron chi connectivity index (χ4n) is 2.17. The normalized spacial score (nSPS) is 23.4. The predicted molar refractivity (Wildman–Crippen MR) is 73.0 cm³/mol. The molecule has 1 unspecified atom stereocenters. The number of nitrogens with zero attached hydrogens (tertiary/aromatic N) is 3. The smallest absolute Gasteiger partial charge is 0.224 e. The van der Waals surface area contributed by atoms with E-state index in [0.29, 0.717) is 12.5 Å². The Morgan fingerprint density at radius 2 is 2.28 bits per heavy atom. The van der Waals surface area contributed by atoms with Gasteiger partial charge in [-0.25, -0.2) is 4.98 Å². The molecule has 0 saturated carbocycles. The molecule has 1 aromatic heterocycles. The minimum absolute atomic E-state index is 0.601. The van der Waals surface area contributed by atoms with E-state index in [0.717, 1.165) is 37.4 Å². The summed E-state index contributed by atoms with van der Waals surface area (Å²) in [5, 5.41) is 13.2. The van der Waals surface area contributed by atoms with Gasteiger partial charge in [0.15, 0.2) is 0 Å². The summed E-state index contributed by atoms with van der Waals surface area (Å²) in [6.07, 6.45) is 1.83. The Morgan fingerprint density at radius 3 is 2.89 bits per heavy atom. The van der Waals surface area contributed by atoms with Gasteiger partial charge in [-0.2, -0.15) is 4.98 Å². The maximum Gasteiger partial charge on any atom is 0.224 e. The zero-order valence-electron chi connectivity index (χ0n) is 11.4. The van der Waals surface area contributed by atoms with Gasteiger partial charge in [0.2, 0.25) is 5.95 Å². The molecule has 0 aromatic carbocycles. The second-order valence-electron chi connectivity index (χ2n) is 5.29. The zero-order valence-corrected chi connectivity index (χ0v) is 11.4. The van der Waals surface area contributed by atoms with Gasteiger partial charge in [-0.3, -0.25) is 0 Å². The summed E-state index contributed by atoms with van der Waals surface area (Å²) in [4.78, 5) is 11.0. The molecule has 1 fully saturated rings. The number of β-amino-alcohol motifs (C(OH)–C–C–N with tert-alkyl or cyclic N) is 1. The molecule has 1 aliphatic rings. The Balaban J connectivity index is 2.15. The molecule has 0 aliphatic carbocycles. The third kappa shape index (κ3) is 3.10. The van der Waals surface area contributed by atoms with Gasteiger partial charge in [0.05, 0.1) is 5.60 Å². The molecule has 2 heterocycles. The first kappa shape index (κ1) is 13.1. The molecule has 1 aromatic rings. The Bertz CT molecular complexity index is 419. The van der Waals surface area contributed by atoms with E-state index in [1.165, 1.54) is 0 Å². The van der Waals surface area contributed by atoms with Crippen molar-refractivity contribution in [3.8, 4) is 0 Å². The third-order valence-corrected chi connectivity index (χ3v) is 3.15. The SMILES string of the molecule is CCCNc1nc(C)cc(N2CCC(C)(O)C2)n1. The van der Waals surface area contributed by atoms with Crippen molar-refractivity contribution in [2.45, 2.75) is 39.2 Å². The molecule has 1 saturated heterocycles. The maximum atomic E-state index is 10.0. The molecule has 1 atom stereocenters. The predicted octanol–water partition coefficient (Wildman–Crippen LogP) is 1.57. The van der Waals surface area contributed by atoms with Crippen molar-refractivity contribution in [1.82, 2.24) is 9.97 Å². The third-order valence-electron chi connectivity index (χ3n) is 3.15. The van der Waals surface area contributed by atoms with E-state index in [1.54, 1.807) is 0 Å².